The topological polar surface area (TPSA) is 95.9 Å². The van der Waals surface area contributed by atoms with Gasteiger partial charge >= 0.3 is 5.97 Å². The molecule has 0 fully saturated rings. The van der Waals surface area contributed by atoms with Crippen LogP contribution in [-0.2, 0) is 14.3 Å². The van der Waals surface area contributed by atoms with Gasteiger partial charge in [0.1, 0.15) is 0 Å². The third kappa shape index (κ3) is 55.2. The van der Waals surface area contributed by atoms with Crippen LogP contribution in [0.25, 0.3) is 0 Å². The summed E-state index contributed by atoms with van der Waals surface area (Å²) in [6.45, 7) is 4.88. The van der Waals surface area contributed by atoms with E-state index in [2.05, 4.69) is 43.5 Å². The molecule has 0 heterocycles. The number of hydrogen-bond acceptors (Lipinski definition) is 5. The van der Waals surface area contributed by atoms with Crippen molar-refractivity contribution in [1.82, 2.24) is 5.32 Å². The van der Waals surface area contributed by atoms with Gasteiger partial charge in [-0.25, -0.2) is 0 Å². The van der Waals surface area contributed by atoms with E-state index in [9.17, 15) is 19.8 Å². The number of aliphatic hydroxyl groups is 2. The summed E-state index contributed by atoms with van der Waals surface area (Å²) in [7, 11) is 0. The lowest BCUT2D eigenvalue weighted by molar-refractivity contribution is -0.143. The van der Waals surface area contributed by atoms with E-state index in [-0.39, 0.29) is 18.5 Å². The van der Waals surface area contributed by atoms with E-state index < -0.39 is 12.1 Å². The fourth-order valence-corrected chi connectivity index (χ4v) is 9.43. The van der Waals surface area contributed by atoms with Gasteiger partial charge in [-0.2, -0.15) is 0 Å². The standard InChI is InChI=1S/C63H119NO5/c1-3-5-7-9-11-13-15-17-19-21-22-25-29-33-37-41-45-49-53-57-63(68)69-58-54-50-46-42-38-34-30-26-23-24-28-32-36-40-44-48-52-56-62(67)64-60(59-65)61(66)55-51-47-43-39-35-31-27-20-18-16-14-12-10-8-6-4-2/h23,26,34,38,51,55,60-61,65-66H,3-22,24-25,27-33,35-37,39-50,52-54,56-59H2,1-2H3,(H,64,67)/b26-23-,38-34-,55-51+. The molecular formula is C63H119NO5. The van der Waals surface area contributed by atoms with E-state index in [0.29, 0.717) is 19.4 Å². The Labute approximate surface area is 430 Å². The molecule has 0 saturated carbocycles. The molecule has 0 aliphatic carbocycles. The summed E-state index contributed by atoms with van der Waals surface area (Å²) in [5.74, 6) is -0.0943. The number of hydrogen-bond donors (Lipinski definition) is 3. The van der Waals surface area contributed by atoms with Gasteiger partial charge in [0.2, 0.25) is 5.91 Å². The summed E-state index contributed by atoms with van der Waals surface area (Å²) >= 11 is 0. The molecule has 0 aliphatic heterocycles. The van der Waals surface area contributed by atoms with Crippen LogP contribution < -0.4 is 5.32 Å². The van der Waals surface area contributed by atoms with Crippen molar-refractivity contribution in [3.8, 4) is 0 Å². The van der Waals surface area contributed by atoms with Gasteiger partial charge < -0.3 is 20.3 Å². The maximum absolute atomic E-state index is 12.5. The van der Waals surface area contributed by atoms with Crippen molar-refractivity contribution in [3.63, 3.8) is 0 Å². The van der Waals surface area contributed by atoms with Gasteiger partial charge in [-0.3, -0.25) is 9.59 Å². The van der Waals surface area contributed by atoms with E-state index in [1.54, 1.807) is 6.08 Å². The third-order valence-corrected chi connectivity index (χ3v) is 14.2. The lowest BCUT2D eigenvalue weighted by Gasteiger charge is -2.20. The predicted octanol–water partition coefficient (Wildman–Crippen LogP) is 19.2. The summed E-state index contributed by atoms with van der Waals surface area (Å²) < 4.78 is 5.47. The Morgan fingerprint density at radius 1 is 0.406 bits per heavy atom. The van der Waals surface area contributed by atoms with Gasteiger partial charge in [-0.05, 0) is 70.6 Å². The predicted molar refractivity (Wildman–Crippen MR) is 301 cm³/mol. The second-order valence-corrected chi connectivity index (χ2v) is 21.0. The van der Waals surface area contributed by atoms with E-state index >= 15 is 0 Å². The number of carbonyl (C=O) groups is 2. The normalized spacial score (nSPS) is 12.8. The number of aliphatic hydroxyl groups excluding tert-OH is 2. The van der Waals surface area contributed by atoms with Crippen molar-refractivity contribution in [2.45, 2.75) is 341 Å². The summed E-state index contributed by atoms with van der Waals surface area (Å²) in [6, 6.07) is -0.640. The molecule has 0 aromatic rings. The molecule has 0 rings (SSSR count). The largest absolute Gasteiger partial charge is 0.466 e. The van der Waals surface area contributed by atoms with Crippen LogP contribution in [0.4, 0.5) is 0 Å². The van der Waals surface area contributed by atoms with Gasteiger partial charge in [0.25, 0.3) is 0 Å². The number of amides is 1. The highest BCUT2D eigenvalue weighted by atomic mass is 16.5. The Morgan fingerprint density at radius 2 is 0.725 bits per heavy atom. The van der Waals surface area contributed by atoms with Gasteiger partial charge in [0.15, 0.2) is 0 Å². The highest BCUT2D eigenvalue weighted by Gasteiger charge is 2.18. The van der Waals surface area contributed by atoms with Crippen molar-refractivity contribution in [1.29, 1.82) is 0 Å². The van der Waals surface area contributed by atoms with Gasteiger partial charge in [-0.15, -0.1) is 0 Å². The molecule has 69 heavy (non-hydrogen) atoms. The summed E-state index contributed by atoms with van der Waals surface area (Å²) in [4.78, 5) is 24.5. The summed E-state index contributed by atoms with van der Waals surface area (Å²) in [5, 5.41) is 23.1. The zero-order chi connectivity index (χ0) is 50.0. The molecule has 6 nitrogen and oxygen atoms in total. The fourth-order valence-electron chi connectivity index (χ4n) is 9.43. The Hall–Kier alpha value is -1.92. The van der Waals surface area contributed by atoms with Crippen molar-refractivity contribution in [3.05, 3.63) is 36.5 Å². The number of rotatable bonds is 57. The highest BCUT2D eigenvalue weighted by Crippen LogP contribution is 2.17. The Kier molecular flexibility index (Phi) is 57.0. The minimum atomic E-state index is -0.855. The quantitative estimate of drug-likeness (QED) is 0.0321. The second kappa shape index (κ2) is 58.6. The Balaban J connectivity index is 3.49. The molecule has 6 heteroatoms. The van der Waals surface area contributed by atoms with Crippen LogP contribution >= 0.6 is 0 Å². The van der Waals surface area contributed by atoms with Crippen LogP contribution in [0.5, 0.6) is 0 Å². The minimum Gasteiger partial charge on any atom is -0.466 e. The first-order valence-electron chi connectivity index (χ1n) is 30.8. The van der Waals surface area contributed by atoms with E-state index in [0.717, 1.165) is 83.5 Å². The zero-order valence-corrected chi connectivity index (χ0v) is 46.3. The summed E-state index contributed by atoms with van der Waals surface area (Å²) in [5.41, 5.74) is 0. The molecule has 1 amide bonds. The van der Waals surface area contributed by atoms with E-state index in [1.807, 2.05) is 6.08 Å². The fraction of sp³-hybridized carbons (Fsp3) is 0.873. The van der Waals surface area contributed by atoms with E-state index in [4.69, 9.17) is 4.74 Å². The third-order valence-electron chi connectivity index (χ3n) is 14.2. The van der Waals surface area contributed by atoms with Crippen molar-refractivity contribution < 1.29 is 24.5 Å². The molecule has 0 bridgehead atoms. The molecule has 0 radical (unpaired) electrons. The minimum absolute atomic E-state index is 0.0116. The number of esters is 1. The molecular weight excluding hydrogens is 851 g/mol. The average molecular weight is 971 g/mol. The first-order valence-corrected chi connectivity index (χ1v) is 30.8. The molecule has 0 aromatic carbocycles. The molecule has 3 N–H and O–H groups in total. The van der Waals surface area contributed by atoms with Crippen LogP contribution in [0, 0.1) is 0 Å². The smallest absolute Gasteiger partial charge is 0.305 e. The van der Waals surface area contributed by atoms with Crippen LogP contribution in [0.2, 0.25) is 0 Å². The Bertz CT molecular complexity index is 1120. The van der Waals surface area contributed by atoms with Gasteiger partial charge in [0, 0.05) is 12.8 Å². The molecule has 2 unspecified atom stereocenters. The monoisotopic (exact) mass is 970 g/mol. The second-order valence-electron chi connectivity index (χ2n) is 21.0. The number of unbranched alkanes of at least 4 members (excludes halogenated alkanes) is 42. The first-order chi connectivity index (χ1) is 34.0. The maximum atomic E-state index is 12.5. The van der Waals surface area contributed by atoms with Crippen LogP contribution in [-0.4, -0.2) is 47.4 Å². The Morgan fingerprint density at radius 3 is 1.10 bits per heavy atom. The summed E-state index contributed by atoms with van der Waals surface area (Å²) in [6.07, 6.45) is 73.2. The SMILES string of the molecule is CCCCCCCCCCCCCCCC/C=C/C(O)C(CO)NC(=O)CCCCCCCCC/C=C\C/C=C\CCCCCOC(=O)CCCCCCCCCCCCCCCCCCCCC. The average Bonchev–Trinajstić information content (AvgIpc) is 3.35. The zero-order valence-electron chi connectivity index (χ0n) is 46.3. The van der Waals surface area contributed by atoms with Gasteiger partial charge in [-0.1, -0.05) is 281 Å². The van der Waals surface area contributed by atoms with Crippen molar-refractivity contribution in [2.24, 2.45) is 0 Å². The molecule has 406 valence electrons. The van der Waals surface area contributed by atoms with Crippen LogP contribution in [0.1, 0.15) is 328 Å². The number of allylic oxidation sites excluding steroid dienone is 5. The number of carbonyl (C=O) groups excluding carboxylic acids is 2. The van der Waals surface area contributed by atoms with Gasteiger partial charge in [0.05, 0.1) is 25.4 Å². The molecule has 2 atom stereocenters. The molecule has 0 saturated heterocycles. The lowest BCUT2D eigenvalue weighted by atomic mass is 10.0. The number of ether oxygens (including phenoxy) is 1. The molecule has 0 spiro atoms. The van der Waals surface area contributed by atoms with Crippen molar-refractivity contribution in [2.75, 3.05) is 13.2 Å². The van der Waals surface area contributed by atoms with E-state index in [1.165, 1.54) is 218 Å². The van der Waals surface area contributed by atoms with Crippen LogP contribution in [0.3, 0.4) is 0 Å². The lowest BCUT2D eigenvalue weighted by Crippen LogP contribution is -2.45. The molecule has 0 aromatic heterocycles. The molecule has 0 aliphatic rings. The highest BCUT2D eigenvalue weighted by molar-refractivity contribution is 5.76. The van der Waals surface area contributed by atoms with Crippen molar-refractivity contribution >= 4 is 11.9 Å². The first kappa shape index (κ1) is 67.1. The van der Waals surface area contributed by atoms with Crippen LogP contribution in [0.15, 0.2) is 36.5 Å². The number of nitrogens with one attached hydrogen (secondary N) is 1. The maximum Gasteiger partial charge on any atom is 0.305 e.